The Morgan fingerprint density at radius 3 is 2.38 bits per heavy atom. The van der Waals surface area contributed by atoms with Crippen LogP contribution in [0.2, 0.25) is 0 Å². The zero-order valence-corrected chi connectivity index (χ0v) is 13.7. The van der Waals surface area contributed by atoms with E-state index < -0.39 is 0 Å². The monoisotopic (exact) mass is 291 g/mol. The summed E-state index contributed by atoms with van der Waals surface area (Å²) in [4.78, 5) is 19.1. The van der Waals surface area contributed by atoms with Crippen LogP contribution < -0.4 is 5.32 Å². The Hall–Kier alpha value is -1.58. The third-order valence-electron chi connectivity index (χ3n) is 3.43. The van der Waals surface area contributed by atoms with E-state index in [1.54, 1.807) is 6.20 Å². The van der Waals surface area contributed by atoms with Gasteiger partial charge in [-0.25, -0.2) is 4.98 Å². The summed E-state index contributed by atoms with van der Waals surface area (Å²) in [5.74, 6) is 0.811. The second-order valence-electron chi connectivity index (χ2n) is 5.33. The quantitative estimate of drug-likeness (QED) is 0.710. The smallest absolute Gasteiger partial charge is 0.257 e. The summed E-state index contributed by atoms with van der Waals surface area (Å²) in [6.07, 6.45) is 7.05. The van der Waals surface area contributed by atoms with Gasteiger partial charge in [0.25, 0.3) is 5.91 Å². The van der Waals surface area contributed by atoms with Crippen molar-refractivity contribution in [1.82, 2.24) is 9.88 Å². The first-order valence-electron chi connectivity index (χ1n) is 8.22. The lowest BCUT2D eigenvalue weighted by molar-refractivity contribution is 0.0751. The van der Waals surface area contributed by atoms with Crippen molar-refractivity contribution in [2.45, 2.75) is 52.9 Å². The molecule has 118 valence electrons. The van der Waals surface area contributed by atoms with Gasteiger partial charge in [0.05, 0.1) is 5.56 Å². The Kier molecular flexibility index (Phi) is 8.48. The summed E-state index contributed by atoms with van der Waals surface area (Å²) in [6.45, 7) is 8.91. The van der Waals surface area contributed by atoms with E-state index in [0.717, 1.165) is 51.7 Å². The number of hydrogen-bond acceptors (Lipinski definition) is 3. The van der Waals surface area contributed by atoms with Crippen LogP contribution in [0.5, 0.6) is 0 Å². The molecular formula is C17H29N3O. The largest absolute Gasteiger partial charge is 0.369 e. The van der Waals surface area contributed by atoms with Crippen LogP contribution in [0.1, 0.15) is 63.2 Å². The Balaban J connectivity index is 2.85. The molecular weight excluding hydrogens is 262 g/mol. The van der Waals surface area contributed by atoms with Gasteiger partial charge in [-0.05, 0) is 31.4 Å². The predicted octanol–water partition coefficient (Wildman–Crippen LogP) is 3.95. The predicted molar refractivity (Wildman–Crippen MR) is 88.7 cm³/mol. The van der Waals surface area contributed by atoms with E-state index in [1.165, 1.54) is 0 Å². The molecule has 1 aromatic heterocycles. The van der Waals surface area contributed by atoms with Gasteiger partial charge in [-0.2, -0.15) is 0 Å². The SMILES string of the molecule is CCCCN(CCCC)C(=O)c1cccnc1NCCC. The summed E-state index contributed by atoms with van der Waals surface area (Å²) in [6, 6.07) is 3.71. The van der Waals surface area contributed by atoms with Crippen LogP contribution in [0.25, 0.3) is 0 Å². The lowest BCUT2D eigenvalue weighted by Gasteiger charge is -2.23. The number of nitrogens with one attached hydrogen (secondary N) is 1. The van der Waals surface area contributed by atoms with Gasteiger partial charge < -0.3 is 10.2 Å². The Labute approximate surface area is 129 Å². The first-order valence-corrected chi connectivity index (χ1v) is 8.22. The first-order chi connectivity index (χ1) is 10.2. The van der Waals surface area contributed by atoms with Crippen LogP contribution in [0.15, 0.2) is 18.3 Å². The van der Waals surface area contributed by atoms with E-state index in [4.69, 9.17) is 0 Å². The molecule has 0 aromatic carbocycles. The fraction of sp³-hybridized carbons (Fsp3) is 0.647. The molecule has 0 saturated heterocycles. The third-order valence-corrected chi connectivity index (χ3v) is 3.43. The molecule has 1 heterocycles. The maximum Gasteiger partial charge on any atom is 0.257 e. The number of carbonyl (C=O) groups excluding carboxylic acids is 1. The molecule has 1 amide bonds. The number of aromatic nitrogens is 1. The second kappa shape index (κ2) is 10.2. The van der Waals surface area contributed by atoms with Crippen LogP contribution in [0.4, 0.5) is 5.82 Å². The highest BCUT2D eigenvalue weighted by Gasteiger charge is 2.18. The van der Waals surface area contributed by atoms with Crippen LogP contribution >= 0.6 is 0 Å². The number of anilines is 1. The third kappa shape index (κ3) is 5.74. The minimum atomic E-state index is 0.101. The van der Waals surface area contributed by atoms with Crippen molar-refractivity contribution < 1.29 is 4.79 Å². The van der Waals surface area contributed by atoms with E-state index in [1.807, 2.05) is 17.0 Å². The van der Waals surface area contributed by atoms with E-state index in [0.29, 0.717) is 11.4 Å². The van der Waals surface area contributed by atoms with Gasteiger partial charge in [0.15, 0.2) is 0 Å². The fourth-order valence-corrected chi connectivity index (χ4v) is 2.15. The molecule has 0 aliphatic carbocycles. The number of hydrogen-bond donors (Lipinski definition) is 1. The van der Waals surface area contributed by atoms with Crippen molar-refractivity contribution >= 4 is 11.7 Å². The lowest BCUT2D eigenvalue weighted by Crippen LogP contribution is -2.33. The summed E-state index contributed by atoms with van der Waals surface area (Å²) < 4.78 is 0. The number of carbonyl (C=O) groups is 1. The van der Waals surface area contributed by atoms with Crippen LogP contribution in [0, 0.1) is 0 Å². The van der Waals surface area contributed by atoms with Crippen molar-refractivity contribution in [3.8, 4) is 0 Å². The van der Waals surface area contributed by atoms with Crippen molar-refractivity contribution in [3.63, 3.8) is 0 Å². The minimum absolute atomic E-state index is 0.101. The second-order valence-corrected chi connectivity index (χ2v) is 5.33. The average Bonchev–Trinajstić information content (AvgIpc) is 2.52. The molecule has 21 heavy (non-hydrogen) atoms. The topological polar surface area (TPSA) is 45.2 Å². The van der Waals surface area contributed by atoms with Crippen LogP contribution in [-0.4, -0.2) is 35.4 Å². The molecule has 1 rings (SSSR count). The number of rotatable bonds is 10. The maximum atomic E-state index is 12.8. The number of nitrogens with zero attached hydrogens (tertiary/aromatic N) is 2. The van der Waals surface area contributed by atoms with E-state index in [-0.39, 0.29) is 5.91 Å². The Morgan fingerprint density at radius 2 is 1.81 bits per heavy atom. The molecule has 0 saturated carbocycles. The van der Waals surface area contributed by atoms with Crippen LogP contribution in [0.3, 0.4) is 0 Å². The van der Waals surface area contributed by atoms with E-state index in [2.05, 4.69) is 31.1 Å². The van der Waals surface area contributed by atoms with Crippen molar-refractivity contribution in [2.24, 2.45) is 0 Å². The molecule has 0 atom stereocenters. The van der Waals surface area contributed by atoms with E-state index in [9.17, 15) is 4.79 Å². The van der Waals surface area contributed by atoms with Crippen molar-refractivity contribution in [2.75, 3.05) is 25.0 Å². The first kappa shape index (κ1) is 17.5. The number of pyridine rings is 1. The van der Waals surface area contributed by atoms with Gasteiger partial charge >= 0.3 is 0 Å². The van der Waals surface area contributed by atoms with Gasteiger partial charge in [-0.15, -0.1) is 0 Å². The van der Waals surface area contributed by atoms with Gasteiger partial charge in [0.1, 0.15) is 5.82 Å². The highest BCUT2D eigenvalue weighted by Crippen LogP contribution is 2.15. The van der Waals surface area contributed by atoms with Crippen molar-refractivity contribution in [3.05, 3.63) is 23.9 Å². The minimum Gasteiger partial charge on any atom is -0.369 e. The Bertz CT molecular complexity index is 412. The zero-order valence-electron chi connectivity index (χ0n) is 13.7. The summed E-state index contributed by atoms with van der Waals surface area (Å²) in [5.41, 5.74) is 0.693. The summed E-state index contributed by atoms with van der Waals surface area (Å²) in [7, 11) is 0. The average molecular weight is 291 g/mol. The van der Waals surface area contributed by atoms with Gasteiger partial charge in [-0.3, -0.25) is 4.79 Å². The molecule has 4 nitrogen and oxygen atoms in total. The van der Waals surface area contributed by atoms with Gasteiger partial charge in [0.2, 0.25) is 0 Å². The Morgan fingerprint density at radius 1 is 1.14 bits per heavy atom. The van der Waals surface area contributed by atoms with Gasteiger partial charge in [0, 0.05) is 25.8 Å². The highest BCUT2D eigenvalue weighted by atomic mass is 16.2. The summed E-state index contributed by atoms with van der Waals surface area (Å²) in [5, 5.41) is 3.25. The molecule has 1 N–H and O–H groups in total. The zero-order chi connectivity index (χ0) is 15.5. The molecule has 0 bridgehead atoms. The maximum absolute atomic E-state index is 12.8. The molecule has 0 aliphatic heterocycles. The molecule has 0 unspecified atom stereocenters. The highest BCUT2D eigenvalue weighted by molar-refractivity contribution is 5.98. The lowest BCUT2D eigenvalue weighted by atomic mass is 10.2. The molecule has 1 aromatic rings. The standard InChI is InChI=1S/C17H29N3O/c1-4-7-13-20(14-8-5-2)17(21)15-10-9-12-19-16(15)18-11-6-3/h9-10,12H,4-8,11,13-14H2,1-3H3,(H,18,19). The molecule has 0 aliphatic rings. The normalized spacial score (nSPS) is 10.4. The van der Waals surface area contributed by atoms with E-state index >= 15 is 0 Å². The van der Waals surface area contributed by atoms with Crippen molar-refractivity contribution in [1.29, 1.82) is 0 Å². The van der Waals surface area contributed by atoms with Crippen LogP contribution in [-0.2, 0) is 0 Å². The summed E-state index contributed by atoms with van der Waals surface area (Å²) >= 11 is 0. The number of unbranched alkanes of at least 4 members (excludes halogenated alkanes) is 2. The number of amides is 1. The van der Waals surface area contributed by atoms with Gasteiger partial charge in [-0.1, -0.05) is 33.6 Å². The fourth-order valence-electron chi connectivity index (χ4n) is 2.15. The molecule has 0 spiro atoms. The molecule has 0 radical (unpaired) electrons. The molecule has 4 heteroatoms. The molecule has 0 fully saturated rings.